The average molecular weight is 338 g/mol. The van der Waals surface area contributed by atoms with Crippen LogP contribution in [0.3, 0.4) is 0 Å². The lowest BCUT2D eigenvalue weighted by Gasteiger charge is -2.00. The van der Waals surface area contributed by atoms with Crippen molar-refractivity contribution >= 4 is 17.8 Å². The Morgan fingerprint density at radius 1 is 1.04 bits per heavy atom. The van der Waals surface area contributed by atoms with E-state index in [0.29, 0.717) is 17.5 Å². The first-order valence-electron chi connectivity index (χ1n) is 7.63. The molecule has 4 nitrogen and oxygen atoms in total. The van der Waals surface area contributed by atoms with E-state index in [4.69, 9.17) is 9.15 Å². The predicted molar refractivity (Wildman–Crippen MR) is 96.3 cm³/mol. The molecule has 0 N–H and O–H groups in total. The van der Waals surface area contributed by atoms with Crippen LogP contribution in [0, 0.1) is 0 Å². The van der Waals surface area contributed by atoms with Crippen molar-refractivity contribution in [2.75, 3.05) is 12.9 Å². The van der Waals surface area contributed by atoms with Gasteiger partial charge in [0.2, 0.25) is 5.89 Å². The molecule has 1 heterocycles. The Morgan fingerprint density at radius 2 is 1.83 bits per heavy atom. The van der Waals surface area contributed by atoms with Crippen LogP contribution in [0.4, 0.5) is 0 Å². The first-order chi connectivity index (χ1) is 11.8. The Kier molecular flexibility index (Phi) is 5.69. The van der Waals surface area contributed by atoms with E-state index in [0.717, 1.165) is 17.1 Å². The Hall–Kier alpha value is -2.53. The van der Waals surface area contributed by atoms with E-state index in [1.807, 2.05) is 42.5 Å². The monoisotopic (exact) mass is 338 g/mol. The maximum atomic E-state index is 5.67. The fourth-order valence-electron chi connectivity index (χ4n) is 2.15. The molecule has 0 aliphatic carbocycles. The lowest BCUT2D eigenvalue weighted by Crippen LogP contribution is -1.89. The van der Waals surface area contributed by atoms with Crippen LogP contribution < -0.4 is 4.74 Å². The minimum Gasteiger partial charge on any atom is -0.497 e. The molecule has 0 aliphatic rings. The van der Waals surface area contributed by atoms with Gasteiger partial charge in [0.1, 0.15) is 5.75 Å². The Morgan fingerprint density at radius 3 is 2.58 bits per heavy atom. The summed E-state index contributed by atoms with van der Waals surface area (Å²) in [6.45, 7) is 0. The van der Waals surface area contributed by atoms with Gasteiger partial charge in [-0.05, 0) is 23.3 Å². The molecule has 0 saturated heterocycles. The summed E-state index contributed by atoms with van der Waals surface area (Å²) in [6, 6.07) is 18.0. The summed E-state index contributed by atoms with van der Waals surface area (Å²) in [5.41, 5.74) is 2.30. The summed E-state index contributed by atoms with van der Waals surface area (Å²) < 4.78 is 10.8. The molecule has 0 amide bonds. The highest BCUT2D eigenvalue weighted by atomic mass is 32.2. The van der Waals surface area contributed by atoms with Crippen molar-refractivity contribution in [3.05, 3.63) is 77.7 Å². The number of hydrogen-bond donors (Lipinski definition) is 0. The molecule has 0 unspecified atom stereocenters. The molecule has 3 rings (SSSR count). The Bertz CT molecular complexity index is 783. The summed E-state index contributed by atoms with van der Waals surface area (Å²) in [5, 5.41) is 8.77. The molecule has 0 spiro atoms. The smallest absolute Gasteiger partial charge is 0.276 e. The number of hydrogen-bond acceptors (Lipinski definition) is 5. The minimum absolute atomic E-state index is 0.594. The molecular formula is C19H18N2O2S. The van der Waals surface area contributed by atoms with Crippen molar-refractivity contribution in [3.8, 4) is 5.75 Å². The van der Waals surface area contributed by atoms with Crippen LogP contribution in [0.1, 0.15) is 17.0 Å². The van der Waals surface area contributed by atoms with Crippen molar-refractivity contribution < 1.29 is 9.15 Å². The third kappa shape index (κ3) is 4.73. The second-order valence-corrected chi connectivity index (χ2v) is 6.08. The van der Waals surface area contributed by atoms with Crippen LogP contribution in [-0.2, 0) is 6.42 Å². The molecule has 122 valence electrons. The van der Waals surface area contributed by atoms with Crippen molar-refractivity contribution in [2.24, 2.45) is 0 Å². The highest BCUT2D eigenvalue weighted by molar-refractivity contribution is 7.99. The second-order valence-electron chi connectivity index (χ2n) is 5.11. The van der Waals surface area contributed by atoms with Gasteiger partial charge >= 0.3 is 0 Å². The van der Waals surface area contributed by atoms with Crippen LogP contribution in [0.15, 0.2) is 70.3 Å². The van der Waals surface area contributed by atoms with Gasteiger partial charge in [-0.1, -0.05) is 66.4 Å². The molecule has 0 saturated carbocycles. The lowest BCUT2D eigenvalue weighted by atomic mass is 10.1. The van der Waals surface area contributed by atoms with Gasteiger partial charge in [-0.2, -0.15) is 0 Å². The SMILES string of the molecule is COc1ccc(Cc2nnc(SC/C=C/c3ccccc3)o2)cc1. The number of rotatable bonds is 7. The predicted octanol–water partition coefficient (Wildman–Crippen LogP) is 4.47. The molecule has 0 atom stereocenters. The fourth-order valence-corrected chi connectivity index (χ4v) is 2.74. The molecule has 0 aliphatic heterocycles. The molecule has 24 heavy (non-hydrogen) atoms. The topological polar surface area (TPSA) is 48.2 Å². The Balaban J connectivity index is 1.50. The van der Waals surface area contributed by atoms with E-state index < -0.39 is 0 Å². The molecule has 0 fully saturated rings. The standard InChI is InChI=1S/C19H18N2O2S/c1-22-17-11-9-16(10-12-17)14-18-20-21-19(23-18)24-13-5-8-15-6-3-2-4-7-15/h2-12H,13-14H2,1H3/b8-5+. The minimum atomic E-state index is 0.594. The van der Waals surface area contributed by atoms with Crippen molar-refractivity contribution in [3.63, 3.8) is 0 Å². The van der Waals surface area contributed by atoms with E-state index >= 15 is 0 Å². The van der Waals surface area contributed by atoms with Gasteiger partial charge in [0, 0.05) is 5.75 Å². The van der Waals surface area contributed by atoms with Crippen LogP contribution in [0.5, 0.6) is 5.75 Å². The zero-order chi connectivity index (χ0) is 16.6. The zero-order valence-electron chi connectivity index (χ0n) is 13.4. The maximum Gasteiger partial charge on any atom is 0.276 e. The van der Waals surface area contributed by atoms with Crippen molar-refractivity contribution in [2.45, 2.75) is 11.6 Å². The van der Waals surface area contributed by atoms with Gasteiger partial charge in [-0.3, -0.25) is 0 Å². The summed E-state index contributed by atoms with van der Waals surface area (Å²) in [4.78, 5) is 0. The summed E-state index contributed by atoms with van der Waals surface area (Å²) in [5.74, 6) is 2.25. The highest BCUT2D eigenvalue weighted by Gasteiger charge is 2.07. The quantitative estimate of drug-likeness (QED) is 0.595. The first-order valence-corrected chi connectivity index (χ1v) is 8.62. The van der Waals surface area contributed by atoms with E-state index in [2.05, 4.69) is 34.5 Å². The number of benzene rings is 2. The molecule has 0 radical (unpaired) electrons. The van der Waals surface area contributed by atoms with Gasteiger partial charge in [0.05, 0.1) is 13.5 Å². The van der Waals surface area contributed by atoms with E-state index in [9.17, 15) is 0 Å². The molecule has 1 aromatic heterocycles. The zero-order valence-corrected chi connectivity index (χ0v) is 14.2. The van der Waals surface area contributed by atoms with Gasteiger partial charge in [0.15, 0.2) is 0 Å². The van der Waals surface area contributed by atoms with Crippen LogP contribution in [0.25, 0.3) is 6.08 Å². The third-order valence-corrected chi connectivity index (χ3v) is 4.15. The average Bonchev–Trinajstić information content (AvgIpc) is 3.08. The summed E-state index contributed by atoms with van der Waals surface area (Å²) in [7, 11) is 1.66. The lowest BCUT2D eigenvalue weighted by molar-refractivity contribution is 0.413. The van der Waals surface area contributed by atoms with Crippen molar-refractivity contribution in [1.82, 2.24) is 10.2 Å². The number of methoxy groups -OCH3 is 1. The Labute approximate surface area is 145 Å². The normalized spacial score (nSPS) is 11.0. The largest absolute Gasteiger partial charge is 0.497 e. The molecule has 2 aromatic carbocycles. The van der Waals surface area contributed by atoms with E-state index in [1.165, 1.54) is 17.3 Å². The van der Waals surface area contributed by atoms with Gasteiger partial charge in [-0.25, -0.2) is 0 Å². The van der Waals surface area contributed by atoms with Gasteiger partial charge in [0.25, 0.3) is 5.22 Å². The van der Waals surface area contributed by atoms with Gasteiger partial charge < -0.3 is 9.15 Å². The molecule has 0 bridgehead atoms. The maximum absolute atomic E-state index is 5.67. The van der Waals surface area contributed by atoms with Crippen LogP contribution in [-0.4, -0.2) is 23.1 Å². The first kappa shape index (κ1) is 16.3. The van der Waals surface area contributed by atoms with Crippen molar-refractivity contribution in [1.29, 1.82) is 0 Å². The summed E-state index contributed by atoms with van der Waals surface area (Å²) in [6.07, 6.45) is 4.80. The number of ether oxygens (including phenoxy) is 1. The fraction of sp³-hybridized carbons (Fsp3) is 0.158. The van der Waals surface area contributed by atoms with Crippen LogP contribution in [0.2, 0.25) is 0 Å². The summed E-state index contributed by atoms with van der Waals surface area (Å²) >= 11 is 1.53. The molecule has 3 aromatic rings. The van der Waals surface area contributed by atoms with Gasteiger partial charge in [-0.15, -0.1) is 10.2 Å². The highest BCUT2D eigenvalue weighted by Crippen LogP contribution is 2.19. The number of nitrogens with zero attached hydrogens (tertiary/aromatic N) is 2. The number of thioether (sulfide) groups is 1. The van der Waals surface area contributed by atoms with E-state index in [1.54, 1.807) is 7.11 Å². The third-order valence-electron chi connectivity index (χ3n) is 3.38. The second kappa shape index (κ2) is 8.36. The molecular weight excluding hydrogens is 320 g/mol. The van der Waals surface area contributed by atoms with Crippen LogP contribution >= 0.6 is 11.8 Å². The van der Waals surface area contributed by atoms with E-state index in [-0.39, 0.29) is 0 Å². The number of aromatic nitrogens is 2. The molecule has 5 heteroatoms.